The van der Waals surface area contributed by atoms with Gasteiger partial charge in [0.15, 0.2) is 6.61 Å². The van der Waals surface area contributed by atoms with E-state index in [1.807, 2.05) is 30.5 Å². The molecule has 0 aliphatic heterocycles. The molecule has 0 atom stereocenters. The normalized spacial score (nSPS) is 11.0. The molecule has 0 radical (unpaired) electrons. The lowest BCUT2D eigenvalue weighted by molar-refractivity contribution is -0.123. The van der Waals surface area contributed by atoms with Crippen molar-refractivity contribution in [3.63, 3.8) is 0 Å². The zero-order valence-electron chi connectivity index (χ0n) is 16.8. The fourth-order valence-corrected chi connectivity index (χ4v) is 3.47. The summed E-state index contributed by atoms with van der Waals surface area (Å²) in [6.45, 7) is 3.77. The highest BCUT2D eigenvalue weighted by Gasteiger charge is 2.12. The third-order valence-corrected chi connectivity index (χ3v) is 4.98. The van der Waals surface area contributed by atoms with Gasteiger partial charge in [-0.15, -0.1) is 0 Å². The zero-order chi connectivity index (χ0) is 21.7. The Morgan fingerprint density at radius 3 is 2.47 bits per heavy atom. The molecule has 1 aromatic heterocycles. The van der Waals surface area contributed by atoms with E-state index in [1.165, 1.54) is 0 Å². The van der Waals surface area contributed by atoms with Crippen molar-refractivity contribution in [1.29, 1.82) is 0 Å². The van der Waals surface area contributed by atoms with Crippen molar-refractivity contribution in [2.75, 3.05) is 13.7 Å². The Hall–Kier alpha value is -2.96. The van der Waals surface area contributed by atoms with Gasteiger partial charge in [0.25, 0.3) is 5.91 Å². The van der Waals surface area contributed by atoms with Crippen LogP contribution in [0.3, 0.4) is 0 Å². The van der Waals surface area contributed by atoms with Crippen LogP contribution in [0.5, 0.6) is 11.5 Å². The molecule has 0 spiro atoms. The molecule has 3 aromatic rings. The number of aryl methyl sites for hydroxylation is 1. The van der Waals surface area contributed by atoms with Crippen LogP contribution in [0, 0.1) is 13.8 Å². The Morgan fingerprint density at radius 1 is 1.10 bits per heavy atom. The van der Waals surface area contributed by atoms with Crippen LogP contribution in [0.2, 0.25) is 10.0 Å². The third-order valence-electron chi connectivity index (χ3n) is 4.44. The smallest absolute Gasteiger partial charge is 0.277 e. The molecule has 156 valence electrons. The average molecular weight is 446 g/mol. The van der Waals surface area contributed by atoms with Crippen molar-refractivity contribution < 1.29 is 14.3 Å². The minimum Gasteiger partial charge on any atom is -0.497 e. The number of nitrogens with zero attached hydrogens (tertiary/aromatic N) is 2. The summed E-state index contributed by atoms with van der Waals surface area (Å²) in [4.78, 5) is 12.0. The molecule has 8 heteroatoms. The fraction of sp³-hybridized carbons (Fsp3) is 0.182. The van der Waals surface area contributed by atoms with Crippen molar-refractivity contribution in [3.05, 3.63) is 75.5 Å². The zero-order valence-corrected chi connectivity index (χ0v) is 18.3. The summed E-state index contributed by atoms with van der Waals surface area (Å²) in [5.41, 5.74) is 6.06. The van der Waals surface area contributed by atoms with Crippen molar-refractivity contribution >= 4 is 35.3 Å². The third kappa shape index (κ3) is 5.14. The van der Waals surface area contributed by atoms with Gasteiger partial charge in [0.2, 0.25) is 0 Å². The maximum atomic E-state index is 12.0. The number of carbonyl (C=O) groups is 1. The summed E-state index contributed by atoms with van der Waals surface area (Å²) in [6, 6.07) is 14.3. The van der Waals surface area contributed by atoms with E-state index in [0.717, 1.165) is 22.6 Å². The number of hydrogen-bond donors (Lipinski definition) is 1. The van der Waals surface area contributed by atoms with Crippen molar-refractivity contribution in [1.82, 2.24) is 9.99 Å². The molecule has 1 heterocycles. The molecule has 0 saturated carbocycles. The molecule has 2 aromatic carbocycles. The summed E-state index contributed by atoms with van der Waals surface area (Å²) < 4.78 is 12.5. The van der Waals surface area contributed by atoms with Gasteiger partial charge in [-0.3, -0.25) is 4.79 Å². The molecule has 0 aliphatic carbocycles. The second kappa shape index (κ2) is 9.69. The van der Waals surface area contributed by atoms with Crippen LogP contribution < -0.4 is 14.9 Å². The van der Waals surface area contributed by atoms with Crippen LogP contribution >= 0.6 is 23.2 Å². The highest BCUT2D eigenvalue weighted by atomic mass is 35.5. The van der Waals surface area contributed by atoms with Gasteiger partial charge in [0.05, 0.1) is 24.0 Å². The highest BCUT2D eigenvalue weighted by molar-refractivity contribution is 6.35. The first-order valence-electron chi connectivity index (χ1n) is 9.12. The first kappa shape index (κ1) is 21.7. The van der Waals surface area contributed by atoms with Crippen molar-refractivity contribution in [3.8, 4) is 17.2 Å². The monoisotopic (exact) mass is 445 g/mol. The Morgan fingerprint density at radius 2 is 1.80 bits per heavy atom. The molecule has 30 heavy (non-hydrogen) atoms. The van der Waals surface area contributed by atoms with Crippen LogP contribution in [0.1, 0.15) is 17.0 Å². The topological polar surface area (TPSA) is 64.8 Å². The second-order valence-electron chi connectivity index (χ2n) is 6.51. The lowest BCUT2D eigenvalue weighted by Crippen LogP contribution is -2.24. The lowest BCUT2D eigenvalue weighted by Gasteiger charge is -2.11. The van der Waals surface area contributed by atoms with E-state index in [1.54, 1.807) is 49.7 Å². The number of carbonyl (C=O) groups excluding carboxylic acids is 1. The lowest BCUT2D eigenvalue weighted by atomic mass is 10.2. The summed E-state index contributed by atoms with van der Waals surface area (Å²) in [5.74, 6) is 0.920. The van der Waals surface area contributed by atoms with Gasteiger partial charge >= 0.3 is 0 Å². The van der Waals surface area contributed by atoms with Gasteiger partial charge in [-0.2, -0.15) is 5.10 Å². The van der Waals surface area contributed by atoms with Gasteiger partial charge in [0, 0.05) is 22.0 Å². The fourth-order valence-electron chi connectivity index (χ4n) is 2.98. The van der Waals surface area contributed by atoms with Crippen LogP contribution in [-0.4, -0.2) is 30.4 Å². The summed E-state index contributed by atoms with van der Waals surface area (Å²) in [7, 11) is 1.59. The molecular weight excluding hydrogens is 425 g/mol. The first-order chi connectivity index (χ1) is 14.4. The van der Waals surface area contributed by atoms with E-state index < -0.39 is 0 Å². The van der Waals surface area contributed by atoms with Crippen LogP contribution in [0.25, 0.3) is 5.69 Å². The molecular formula is C22H21Cl2N3O3. The maximum absolute atomic E-state index is 12.0. The van der Waals surface area contributed by atoms with Gasteiger partial charge in [-0.1, -0.05) is 23.2 Å². The number of benzene rings is 2. The Balaban J connectivity index is 1.62. The molecule has 1 amide bonds. The largest absolute Gasteiger partial charge is 0.497 e. The van der Waals surface area contributed by atoms with Gasteiger partial charge in [0.1, 0.15) is 11.5 Å². The molecule has 0 saturated heterocycles. The van der Waals surface area contributed by atoms with E-state index in [9.17, 15) is 4.79 Å². The Kier molecular flexibility index (Phi) is 7.03. The molecule has 0 bridgehead atoms. The summed E-state index contributed by atoms with van der Waals surface area (Å²) in [5, 5.41) is 5.16. The number of amides is 1. The standard InChI is InChI=1S/C22H21Cl2N3O3/c1-14-10-16(15(2)27(14)21-9-4-17(23)11-20(21)24)12-25-26-22(28)13-30-19-7-5-18(29-3)6-8-19/h4-12H,13H2,1-3H3,(H,26,28)/b25-12-. The van der Waals surface area contributed by atoms with Crippen LogP contribution in [-0.2, 0) is 4.79 Å². The molecule has 1 N–H and O–H groups in total. The molecule has 0 fully saturated rings. The molecule has 0 unspecified atom stereocenters. The maximum Gasteiger partial charge on any atom is 0.277 e. The average Bonchev–Trinajstić information content (AvgIpc) is 3.00. The summed E-state index contributed by atoms with van der Waals surface area (Å²) in [6.07, 6.45) is 1.59. The van der Waals surface area contributed by atoms with E-state index in [-0.39, 0.29) is 12.5 Å². The second-order valence-corrected chi connectivity index (χ2v) is 7.36. The number of hydrogen-bond acceptors (Lipinski definition) is 4. The number of nitrogens with one attached hydrogen (secondary N) is 1. The number of halogens is 2. The number of aromatic nitrogens is 1. The van der Waals surface area contributed by atoms with Crippen molar-refractivity contribution in [2.45, 2.75) is 13.8 Å². The van der Waals surface area contributed by atoms with Crippen LogP contribution in [0.15, 0.2) is 53.6 Å². The van der Waals surface area contributed by atoms with E-state index >= 15 is 0 Å². The number of rotatable bonds is 7. The van der Waals surface area contributed by atoms with E-state index in [0.29, 0.717) is 21.5 Å². The minimum absolute atomic E-state index is 0.150. The summed E-state index contributed by atoms with van der Waals surface area (Å²) >= 11 is 12.3. The predicted octanol–water partition coefficient (Wildman–Crippen LogP) is 4.94. The molecule has 0 aliphatic rings. The first-order valence-corrected chi connectivity index (χ1v) is 9.87. The minimum atomic E-state index is -0.364. The molecule has 6 nitrogen and oxygen atoms in total. The number of ether oxygens (including phenoxy) is 2. The van der Waals surface area contributed by atoms with Gasteiger partial charge in [-0.25, -0.2) is 5.43 Å². The van der Waals surface area contributed by atoms with E-state index in [2.05, 4.69) is 10.5 Å². The quantitative estimate of drug-likeness (QED) is 0.413. The van der Waals surface area contributed by atoms with E-state index in [4.69, 9.17) is 32.7 Å². The Bertz CT molecular complexity index is 1080. The van der Waals surface area contributed by atoms with Gasteiger partial charge in [-0.05, 0) is 62.4 Å². The van der Waals surface area contributed by atoms with Gasteiger partial charge < -0.3 is 14.0 Å². The Labute approximate surface area is 185 Å². The SMILES string of the molecule is COc1ccc(OCC(=O)N/N=C\c2cc(C)n(-c3ccc(Cl)cc3Cl)c2C)cc1. The van der Waals surface area contributed by atoms with Crippen LogP contribution in [0.4, 0.5) is 0 Å². The highest BCUT2D eigenvalue weighted by Crippen LogP contribution is 2.28. The number of hydrazone groups is 1. The number of methoxy groups -OCH3 is 1. The molecule has 3 rings (SSSR count). The van der Waals surface area contributed by atoms with Crippen molar-refractivity contribution in [2.24, 2.45) is 5.10 Å². The predicted molar refractivity (Wildman–Crippen MR) is 119 cm³/mol.